The van der Waals surface area contributed by atoms with E-state index in [4.69, 9.17) is 4.74 Å². The van der Waals surface area contributed by atoms with Crippen LogP contribution in [-0.2, 0) is 26.2 Å². The predicted molar refractivity (Wildman–Crippen MR) is 152 cm³/mol. The van der Waals surface area contributed by atoms with Crippen molar-refractivity contribution in [3.8, 4) is 5.75 Å². The monoisotopic (exact) mass is 601 g/mol. The predicted octanol–water partition coefficient (Wildman–Crippen LogP) is 4.51. The number of halogens is 1. The zero-order valence-corrected chi connectivity index (χ0v) is 24.3. The van der Waals surface area contributed by atoms with E-state index in [0.29, 0.717) is 18.0 Å². The van der Waals surface area contributed by atoms with Crippen molar-refractivity contribution in [3.63, 3.8) is 0 Å². The number of rotatable bonds is 11. The van der Waals surface area contributed by atoms with Gasteiger partial charge in [0.2, 0.25) is 11.8 Å². The largest absolute Gasteiger partial charge is 0.494 e. The van der Waals surface area contributed by atoms with E-state index in [9.17, 15) is 18.0 Å². The van der Waals surface area contributed by atoms with E-state index in [1.807, 2.05) is 38.1 Å². The van der Waals surface area contributed by atoms with Crippen molar-refractivity contribution in [1.29, 1.82) is 0 Å². The molecule has 3 aromatic rings. The van der Waals surface area contributed by atoms with E-state index in [1.54, 1.807) is 43.3 Å². The second-order valence-corrected chi connectivity index (χ2v) is 11.5. The van der Waals surface area contributed by atoms with Gasteiger partial charge in [-0.3, -0.25) is 13.9 Å². The Morgan fingerprint density at radius 1 is 0.974 bits per heavy atom. The molecular formula is C28H32BrN3O5S. The Balaban J connectivity index is 2.02. The minimum absolute atomic E-state index is 0.0341. The normalized spacial score (nSPS) is 11.9. The van der Waals surface area contributed by atoms with E-state index in [-0.39, 0.29) is 17.3 Å². The van der Waals surface area contributed by atoms with Crippen LogP contribution in [0.25, 0.3) is 0 Å². The molecule has 0 spiro atoms. The fraction of sp³-hybridized carbons (Fsp3) is 0.286. The molecule has 1 unspecified atom stereocenters. The molecule has 10 heteroatoms. The van der Waals surface area contributed by atoms with Gasteiger partial charge >= 0.3 is 0 Å². The van der Waals surface area contributed by atoms with Gasteiger partial charge in [0.15, 0.2) is 0 Å². The molecule has 3 rings (SSSR count). The number of nitrogens with zero attached hydrogens (tertiary/aromatic N) is 2. The van der Waals surface area contributed by atoms with Gasteiger partial charge in [0.25, 0.3) is 10.0 Å². The minimum Gasteiger partial charge on any atom is -0.494 e. The van der Waals surface area contributed by atoms with Crippen LogP contribution in [0.15, 0.2) is 82.2 Å². The van der Waals surface area contributed by atoms with Crippen molar-refractivity contribution in [3.05, 3.63) is 88.4 Å². The van der Waals surface area contributed by atoms with Crippen molar-refractivity contribution < 1.29 is 22.7 Å². The zero-order chi connectivity index (χ0) is 27.9. The molecule has 2 amide bonds. The van der Waals surface area contributed by atoms with Gasteiger partial charge in [-0.1, -0.05) is 45.8 Å². The van der Waals surface area contributed by atoms with Crippen LogP contribution in [0.1, 0.15) is 25.0 Å². The maximum absolute atomic E-state index is 13.8. The molecule has 0 saturated heterocycles. The number of anilines is 1. The lowest BCUT2D eigenvalue weighted by molar-refractivity contribution is -0.139. The number of ether oxygens (including phenoxy) is 1. The first-order valence-corrected chi connectivity index (χ1v) is 14.4. The van der Waals surface area contributed by atoms with Gasteiger partial charge in [0.1, 0.15) is 18.3 Å². The van der Waals surface area contributed by atoms with E-state index < -0.39 is 28.5 Å². The SMILES string of the molecule is CCOc1ccc(N(CC(=O)N(Cc2ccc(C)cc2)C(C)C(=O)NC)S(=O)(=O)c2ccc(Br)cc2)cc1. The first kappa shape index (κ1) is 29.2. The average molecular weight is 603 g/mol. The number of amides is 2. The van der Waals surface area contributed by atoms with Gasteiger partial charge in [0.05, 0.1) is 17.2 Å². The molecule has 0 aromatic heterocycles. The smallest absolute Gasteiger partial charge is 0.264 e. The van der Waals surface area contributed by atoms with Crippen LogP contribution in [0.4, 0.5) is 5.69 Å². The van der Waals surface area contributed by atoms with Gasteiger partial charge in [0, 0.05) is 18.1 Å². The molecule has 0 aliphatic rings. The maximum atomic E-state index is 13.8. The molecule has 0 bridgehead atoms. The summed E-state index contributed by atoms with van der Waals surface area (Å²) < 4.78 is 34.9. The summed E-state index contributed by atoms with van der Waals surface area (Å²) in [7, 11) is -2.63. The second kappa shape index (κ2) is 12.9. The second-order valence-electron chi connectivity index (χ2n) is 8.69. The summed E-state index contributed by atoms with van der Waals surface area (Å²) in [6, 6.07) is 19.5. The van der Waals surface area contributed by atoms with Gasteiger partial charge in [-0.05, 0) is 74.9 Å². The van der Waals surface area contributed by atoms with Crippen LogP contribution < -0.4 is 14.4 Å². The number of likely N-dealkylation sites (N-methyl/N-ethyl adjacent to an activating group) is 1. The summed E-state index contributed by atoms with van der Waals surface area (Å²) in [5.74, 6) is -0.289. The standard InChI is InChI=1S/C28H32BrN3O5S/c1-5-37-25-14-12-24(13-15-25)32(38(35,36)26-16-10-23(29)11-17-26)19-27(33)31(21(3)28(34)30-4)18-22-8-6-20(2)7-9-22/h6-17,21H,5,18-19H2,1-4H3,(H,30,34). The summed E-state index contributed by atoms with van der Waals surface area (Å²) in [6.07, 6.45) is 0. The summed E-state index contributed by atoms with van der Waals surface area (Å²) in [5, 5.41) is 2.58. The van der Waals surface area contributed by atoms with Crippen LogP contribution in [0.3, 0.4) is 0 Å². The van der Waals surface area contributed by atoms with E-state index in [1.165, 1.54) is 24.1 Å². The molecule has 202 valence electrons. The van der Waals surface area contributed by atoms with E-state index in [2.05, 4.69) is 21.2 Å². The highest BCUT2D eigenvalue weighted by Gasteiger charge is 2.32. The summed E-state index contributed by atoms with van der Waals surface area (Å²) >= 11 is 3.33. The first-order valence-electron chi connectivity index (χ1n) is 12.1. The Bertz CT molecular complexity index is 1340. The highest BCUT2D eigenvalue weighted by atomic mass is 79.9. The molecule has 0 aliphatic carbocycles. The van der Waals surface area contributed by atoms with E-state index in [0.717, 1.165) is 19.9 Å². The third kappa shape index (κ3) is 7.14. The van der Waals surface area contributed by atoms with Gasteiger partial charge < -0.3 is 15.0 Å². The number of carbonyl (C=O) groups excluding carboxylic acids is 2. The fourth-order valence-corrected chi connectivity index (χ4v) is 5.50. The lowest BCUT2D eigenvalue weighted by Gasteiger charge is -2.31. The third-order valence-corrected chi connectivity index (χ3v) is 8.32. The lowest BCUT2D eigenvalue weighted by Crippen LogP contribution is -2.50. The summed E-state index contributed by atoms with van der Waals surface area (Å²) in [5.41, 5.74) is 2.18. The van der Waals surface area contributed by atoms with Crippen molar-refractivity contribution in [2.45, 2.75) is 38.3 Å². The van der Waals surface area contributed by atoms with Gasteiger partial charge in [-0.25, -0.2) is 8.42 Å². The first-order chi connectivity index (χ1) is 18.1. The van der Waals surface area contributed by atoms with Crippen molar-refractivity contribution in [2.24, 2.45) is 0 Å². The Kier molecular flexibility index (Phi) is 9.93. The highest BCUT2D eigenvalue weighted by Crippen LogP contribution is 2.27. The Hall–Kier alpha value is -3.37. The Labute approximate surface area is 232 Å². The molecule has 0 fully saturated rings. The number of sulfonamides is 1. The van der Waals surface area contributed by atoms with E-state index >= 15 is 0 Å². The molecule has 8 nitrogen and oxygen atoms in total. The lowest BCUT2D eigenvalue weighted by atomic mass is 10.1. The number of benzene rings is 3. The highest BCUT2D eigenvalue weighted by molar-refractivity contribution is 9.10. The van der Waals surface area contributed by atoms with Gasteiger partial charge in [-0.15, -0.1) is 0 Å². The topological polar surface area (TPSA) is 96.0 Å². The summed E-state index contributed by atoms with van der Waals surface area (Å²) in [6.45, 7) is 5.54. The average Bonchev–Trinajstić information content (AvgIpc) is 2.91. The van der Waals surface area contributed by atoms with Crippen molar-refractivity contribution in [1.82, 2.24) is 10.2 Å². The number of hydrogen-bond acceptors (Lipinski definition) is 5. The number of hydrogen-bond donors (Lipinski definition) is 1. The van der Waals surface area contributed by atoms with Crippen LogP contribution in [-0.4, -0.2) is 51.4 Å². The fourth-order valence-electron chi connectivity index (χ4n) is 3.82. The molecule has 38 heavy (non-hydrogen) atoms. The molecular weight excluding hydrogens is 570 g/mol. The number of aryl methyl sites for hydroxylation is 1. The van der Waals surface area contributed by atoms with Crippen LogP contribution >= 0.6 is 15.9 Å². The van der Waals surface area contributed by atoms with Gasteiger partial charge in [-0.2, -0.15) is 0 Å². The molecule has 3 aromatic carbocycles. The van der Waals surface area contributed by atoms with Crippen LogP contribution in [0, 0.1) is 6.92 Å². The van der Waals surface area contributed by atoms with Crippen LogP contribution in [0.5, 0.6) is 5.75 Å². The molecule has 0 radical (unpaired) electrons. The summed E-state index contributed by atoms with van der Waals surface area (Å²) in [4.78, 5) is 27.7. The minimum atomic E-state index is -4.13. The Morgan fingerprint density at radius 3 is 2.13 bits per heavy atom. The zero-order valence-electron chi connectivity index (χ0n) is 21.8. The molecule has 0 heterocycles. The Morgan fingerprint density at radius 2 is 1.58 bits per heavy atom. The number of nitrogens with one attached hydrogen (secondary N) is 1. The molecule has 0 saturated carbocycles. The maximum Gasteiger partial charge on any atom is 0.264 e. The molecule has 0 aliphatic heterocycles. The van der Waals surface area contributed by atoms with Crippen molar-refractivity contribution in [2.75, 3.05) is 24.5 Å². The van der Waals surface area contributed by atoms with Crippen molar-refractivity contribution >= 4 is 43.5 Å². The molecule has 1 atom stereocenters. The quantitative estimate of drug-likeness (QED) is 0.349. The third-order valence-electron chi connectivity index (χ3n) is 6.00. The van der Waals surface area contributed by atoms with Crippen LogP contribution in [0.2, 0.25) is 0 Å². The molecule has 1 N–H and O–H groups in total. The number of carbonyl (C=O) groups is 2.